The molecule has 0 unspecified atom stereocenters. The number of nitrogens with zero attached hydrogens (tertiary/aromatic N) is 4. The molecule has 0 spiro atoms. The van der Waals surface area contributed by atoms with Gasteiger partial charge in [0.1, 0.15) is 11.0 Å². The average molecular weight is 264 g/mol. The summed E-state index contributed by atoms with van der Waals surface area (Å²) in [5.41, 5.74) is -0.132. The molecule has 0 fully saturated rings. The van der Waals surface area contributed by atoms with E-state index < -0.39 is 10.0 Å². The Hall–Kier alpha value is -1.96. The molecule has 94 valence electrons. The maximum atomic E-state index is 12.3. The summed E-state index contributed by atoms with van der Waals surface area (Å²) < 4.78 is 25.7. The highest BCUT2D eigenvalue weighted by Crippen LogP contribution is 2.17. The zero-order valence-corrected chi connectivity index (χ0v) is 10.7. The SMILES string of the molecule is CCN(CCC#N)S(=O)(=O)c1cccnc1C#N. The van der Waals surface area contributed by atoms with Crippen molar-refractivity contribution in [1.29, 1.82) is 10.5 Å². The summed E-state index contributed by atoms with van der Waals surface area (Å²) in [6.45, 7) is 2.02. The van der Waals surface area contributed by atoms with Gasteiger partial charge in [0.15, 0.2) is 5.69 Å². The summed E-state index contributed by atoms with van der Waals surface area (Å²) in [5.74, 6) is 0. The van der Waals surface area contributed by atoms with Crippen LogP contribution in [0.2, 0.25) is 0 Å². The second-order valence-corrected chi connectivity index (χ2v) is 5.27. The lowest BCUT2D eigenvalue weighted by Gasteiger charge is -2.19. The first kappa shape index (κ1) is 14.1. The Balaban J connectivity index is 3.20. The van der Waals surface area contributed by atoms with E-state index in [1.807, 2.05) is 6.07 Å². The molecule has 0 amide bonds. The van der Waals surface area contributed by atoms with Gasteiger partial charge in [-0.15, -0.1) is 0 Å². The van der Waals surface area contributed by atoms with Gasteiger partial charge in [-0.05, 0) is 12.1 Å². The lowest BCUT2D eigenvalue weighted by molar-refractivity contribution is 0.434. The second kappa shape index (κ2) is 6.10. The highest BCUT2D eigenvalue weighted by Gasteiger charge is 2.25. The molecule has 0 radical (unpaired) electrons. The van der Waals surface area contributed by atoms with E-state index in [0.29, 0.717) is 0 Å². The van der Waals surface area contributed by atoms with Gasteiger partial charge >= 0.3 is 0 Å². The number of aromatic nitrogens is 1. The molecular weight excluding hydrogens is 252 g/mol. The number of hydrogen-bond acceptors (Lipinski definition) is 5. The summed E-state index contributed by atoms with van der Waals surface area (Å²) in [5, 5.41) is 17.4. The van der Waals surface area contributed by atoms with Gasteiger partial charge in [0, 0.05) is 25.7 Å². The van der Waals surface area contributed by atoms with Crippen LogP contribution in [0, 0.1) is 22.7 Å². The van der Waals surface area contributed by atoms with Crippen LogP contribution in [0.1, 0.15) is 19.0 Å². The van der Waals surface area contributed by atoms with Gasteiger partial charge in [0.05, 0.1) is 6.07 Å². The van der Waals surface area contributed by atoms with Crippen molar-refractivity contribution >= 4 is 10.0 Å². The van der Waals surface area contributed by atoms with Gasteiger partial charge in [-0.25, -0.2) is 13.4 Å². The molecule has 0 aliphatic heterocycles. The monoisotopic (exact) mass is 264 g/mol. The summed E-state index contributed by atoms with van der Waals surface area (Å²) in [6.07, 6.45) is 1.47. The number of sulfonamides is 1. The van der Waals surface area contributed by atoms with Crippen LogP contribution < -0.4 is 0 Å². The maximum absolute atomic E-state index is 12.3. The summed E-state index contributed by atoms with van der Waals surface area (Å²) in [6, 6.07) is 6.46. The molecule has 7 heteroatoms. The van der Waals surface area contributed by atoms with E-state index in [2.05, 4.69) is 4.98 Å². The van der Waals surface area contributed by atoms with Gasteiger partial charge in [0.25, 0.3) is 0 Å². The van der Waals surface area contributed by atoms with Crippen molar-refractivity contribution in [3.05, 3.63) is 24.0 Å². The predicted molar refractivity (Wildman–Crippen MR) is 63.6 cm³/mol. The van der Waals surface area contributed by atoms with Gasteiger partial charge in [-0.2, -0.15) is 14.8 Å². The molecule has 0 atom stereocenters. The predicted octanol–water partition coefficient (Wildman–Crippen LogP) is 0.878. The maximum Gasteiger partial charge on any atom is 0.245 e. The van der Waals surface area contributed by atoms with Gasteiger partial charge in [-0.1, -0.05) is 6.92 Å². The van der Waals surface area contributed by atoms with E-state index in [-0.39, 0.29) is 30.1 Å². The second-order valence-electron chi connectivity index (χ2n) is 3.37. The molecule has 18 heavy (non-hydrogen) atoms. The summed E-state index contributed by atoms with van der Waals surface area (Å²) >= 11 is 0. The van der Waals surface area contributed by atoms with Crippen LogP contribution in [0.5, 0.6) is 0 Å². The number of pyridine rings is 1. The first-order valence-electron chi connectivity index (χ1n) is 5.30. The normalized spacial score (nSPS) is 10.9. The molecule has 0 aromatic carbocycles. The smallest absolute Gasteiger partial charge is 0.244 e. The Morgan fingerprint density at radius 3 is 2.72 bits per heavy atom. The van der Waals surface area contributed by atoms with Gasteiger partial charge in [-0.3, -0.25) is 0 Å². The van der Waals surface area contributed by atoms with Gasteiger partial charge in [0.2, 0.25) is 10.0 Å². The molecule has 6 nitrogen and oxygen atoms in total. The van der Waals surface area contributed by atoms with Crippen molar-refractivity contribution in [2.75, 3.05) is 13.1 Å². The Bertz CT molecular complexity index is 598. The first-order chi connectivity index (χ1) is 8.57. The van der Waals surface area contributed by atoms with Crippen LogP contribution in [-0.2, 0) is 10.0 Å². The van der Waals surface area contributed by atoms with E-state index >= 15 is 0 Å². The minimum atomic E-state index is -3.77. The van der Waals surface area contributed by atoms with Crippen molar-refractivity contribution < 1.29 is 8.42 Å². The lowest BCUT2D eigenvalue weighted by atomic mass is 10.4. The van der Waals surface area contributed by atoms with Crippen molar-refractivity contribution in [2.45, 2.75) is 18.2 Å². The highest BCUT2D eigenvalue weighted by atomic mass is 32.2. The third-order valence-corrected chi connectivity index (χ3v) is 4.33. The molecule has 0 bridgehead atoms. The molecule has 1 heterocycles. The largest absolute Gasteiger partial charge is 0.245 e. The molecule has 0 saturated carbocycles. The lowest BCUT2D eigenvalue weighted by Crippen LogP contribution is -2.32. The highest BCUT2D eigenvalue weighted by molar-refractivity contribution is 7.89. The Kier molecular flexibility index (Phi) is 4.78. The van der Waals surface area contributed by atoms with E-state index in [1.54, 1.807) is 13.0 Å². The fraction of sp³-hybridized carbons (Fsp3) is 0.364. The van der Waals surface area contributed by atoms with Crippen LogP contribution in [0.3, 0.4) is 0 Å². The molecule has 0 aliphatic carbocycles. The van der Waals surface area contributed by atoms with Crippen molar-refractivity contribution in [3.63, 3.8) is 0 Å². The Labute approximate surface area is 106 Å². The molecular formula is C11H12N4O2S. The van der Waals surface area contributed by atoms with E-state index in [9.17, 15) is 8.42 Å². The fourth-order valence-electron chi connectivity index (χ4n) is 1.44. The van der Waals surface area contributed by atoms with Crippen LogP contribution in [0.15, 0.2) is 23.2 Å². The van der Waals surface area contributed by atoms with E-state index in [1.165, 1.54) is 18.3 Å². The third kappa shape index (κ3) is 2.83. The Morgan fingerprint density at radius 2 is 2.17 bits per heavy atom. The minimum absolute atomic E-state index is 0.106. The molecule has 0 saturated heterocycles. The van der Waals surface area contributed by atoms with Crippen LogP contribution in [0.25, 0.3) is 0 Å². The topological polar surface area (TPSA) is 97.8 Å². The fourth-order valence-corrected chi connectivity index (χ4v) is 2.99. The molecule has 0 aliphatic rings. The molecule has 1 aromatic heterocycles. The zero-order valence-electron chi connectivity index (χ0n) is 9.87. The molecule has 1 rings (SSSR count). The molecule has 1 aromatic rings. The number of hydrogen-bond donors (Lipinski definition) is 0. The van der Waals surface area contributed by atoms with Crippen molar-refractivity contribution in [2.24, 2.45) is 0 Å². The number of nitriles is 2. The van der Waals surface area contributed by atoms with Crippen LogP contribution >= 0.6 is 0 Å². The quantitative estimate of drug-likeness (QED) is 0.786. The summed E-state index contributed by atoms with van der Waals surface area (Å²) in [4.78, 5) is 3.61. The molecule has 0 N–H and O–H groups in total. The number of rotatable bonds is 5. The van der Waals surface area contributed by atoms with Gasteiger partial charge < -0.3 is 0 Å². The zero-order chi connectivity index (χ0) is 13.6. The summed E-state index contributed by atoms with van der Waals surface area (Å²) in [7, 11) is -3.77. The Morgan fingerprint density at radius 1 is 1.44 bits per heavy atom. The van der Waals surface area contributed by atoms with Crippen molar-refractivity contribution in [3.8, 4) is 12.1 Å². The van der Waals surface area contributed by atoms with E-state index in [0.717, 1.165) is 4.31 Å². The van der Waals surface area contributed by atoms with E-state index in [4.69, 9.17) is 10.5 Å². The van der Waals surface area contributed by atoms with Crippen LogP contribution in [-0.4, -0.2) is 30.8 Å². The minimum Gasteiger partial charge on any atom is -0.244 e. The average Bonchev–Trinajstić information content (AvgIpc) is 2.39. The van der Waals surface area contributed by atoms with Crippen LogP contribution in [0.4, 0.5) is 0 Å². The standard InChI is InChI=1S/C11H12N4O2S/c1-2-15(8-4-6-12)18(16,17)11-5-3-7-14-10(11)9-13/h3,5,7H,2,4,8H2,1H3. The first-order valence-corrected chi connectivity index (χ1v) is 6.74. The third-order valence-electron chi connectivity index (χ3n) is 2.32. The van der Waals surface area contributed by atoms with Crippen molar-refractivity contribution in [1.82, 2.24) is 9.29 Å².